The third-order valence-corrected chi connectivity index (χ3v) is 2.40. The van der Waals surface area contributed by atoms with Crippen LogP contribution in [0.4, 0.5) is 5.69 Å². The van der Waals surface area contributed by atoms with Gasteiger partial charge in [0.1, 0.15) is 0 Å². The molecule has 0 radical (unpaired) electrons. The van der Waals surface area contributed by atoms with Gasteiger partial charge in [-0.3, -0.25) is 4.98 Å². The molecule has 0 bridgehead atoms. The van der Waals surface area contributed by atoms with Crippen molar-refractivity contribution in [2.24, 2.45) is 0 Å². The van der Waals surface area contributed by atoms with Crippen molar-refractivity contribution in [3.05, 3.63) is 41.7 Å². The number of anilines is 1. The van der Waals surface area contributed by atoms with Gasteiger partial charge in [0.05, 0.1) is 18.2 Å². The lowest BCUT2D eigenvalue weighted by Crippen LogP contribution is -2.09. The molecule has 0 spiro atoms. The second kappa shape index (κ2) is 4.93. The normalized spacial score (nSPS) is 10.2. The molecule has 5 heteroatoms. The van der Waals surface area contributed by atoms with Gasteiger partial charge in [-0.05, 0) is 22.0 Å². The molecule has 2 aromatic heterocycles. The van der Waals surface area contributed by atoms with Gasteiger partial charge in [0, 0.05) is 36.2 Å². The SMILES string of the molecule is Brc1cncc(NCCn2ccnc2)c1. The molecular formula is C10H11BrN4. The molecule has 2 aromatic rings. The monoisotopic (exact) mass is 266 g/mol. The minimum atomic E-state index is 0.856. The van der Waals surface area contributed by atoms with Crippen LogP contribution in [-0.2, 0) is 6.54 Å². The van der Waals surface area contributed by atoms with Gasteiger partial charge < -0.3 is 9.88 Å². The van der Waals surface area contributed by atoms with Crippen molar-refractivity contribution in [1.29, 1.82) is 0 Å². The van der Waals surface area contributed by atoms with E-state index in [1.54, 1.807) is 24.9 Å². The van der Waals surface area contributed by atoms with Crippen LogP contribution in [0.5, 0.6) is 0 Å². The summed E-state index contributed by atoms with van der Waals surface area (Å²) < 4.78 is 3.01. The van der Waals surface area contributed by atoms with E-state index in [4.69, 9.17) is 0 Å². The molecule has 0 atom stereocenters. The van der Waals surface area contributed by atoms with E-state index < -0.39 is 0 Å². The molecule has 1 N–H and O–H groups in total. The molecule has 0 saturated heterocycles. The fourth-order valence-electron chi connectivity index (χ4n) is 1.26. The standard InChI is InChI=1S/C10H11BrN4/c11-9-5-10(7-13-6-9)14-2-4-15-3-1-12-8-15/h1,3,5-8,14H,2,4H2. The van der Waals surface area contributed by atoms with Gasteiger partial charge in [-0.15, -0.1) is 0 Å². The van der Waals surface area contributed by atoms with Gasteiger partial charge in [0.2, 0.25) is 0 Å². The van der Waals surface area contributed by atoms with Gasteiger partial charge in [-0.1, -0.05) is 0 Å². The first-order valence-electron chi connectivity index (χ1n) is 4.65. The highest BCUT2D eigenvalue weighted by Gasteiger charge is 1.94. The van der Waals surface area contributed by atoms with E-state index in [0.29, 0.717) is 0 Å². The van der Waals surface area contributed by atoms with Crippen LogP contribution in [-0.4, -0.2) is 21.1 Å². The Morgan fingerprint density at radius 1 is 1.33 bits per heavy atom. The molecule has 78 valence electrons. The second-order valence-electron chi connectivity index (χ2n) is 3.12. The first kappa shape index (κ1) is 10.2. The molecule has 0 unspecified atom stereocenters. The van der Waals surface area contributed by atoms with Crippen molar-refractivity contribution in [1.82, 2.24) is 14.5 Å². The minimum Gasteiger partial charge on any atom is -0.382 e. The lowest BCUT2D eigenvalue weighted by Gasteiger charge is -2.06. The number of hydrogen-bond acceptors (Lipinski definition) is 3. The van der Waals surface area contributed by atoms with Crippen LogP contribution >= 0.6 is 15.9 Å². The number of halogens is 1. The van der Waals surface area contributed by atoms with E-state index in [2.05, 4.69) is 31.2 Å². The van der Waals surface area contributed by atoms with Crippen molar-refractivity contribution < 1.29 is 0 Å². The Balaban J connectivity index is 1.83. The van der Waals surface area contributed by atoms with Gasteiger partial charge in [-0.2, -0.15) is 0 Å². The smallest absolute Gasteiger partial charge is 0.0946 e. The van der Waals surface area contributed by atoms with Gasteiger partial charge in [-0.25, -0.2) is 4.98 Å². The summed E-state index contributed by atoms with van der Waals surface area (Å²) in [6, 6.07) is 2.00. The Morgan fingerprint density at radius 2 is 2.27 bits per heavy atom. The number of aromatic nitrogens is 3. The number of imidazole rings is 1. The number of pyridine rings is 1. The molecule has 2 heterocycles. The Kier molecular flexibility index (Phi) is 3.34. The van der Waals surface area contributed by atoms with Gasteiger partial charge in [0.15, 0.2) is 0 Å². The molecule has 0 saturated carbocycles. The summed E-state index contributed by atoms with van der Waals surface area (Å²) in [5.74, 6) is 0. The molecule has 15 heavy (non-hydrogen) atoms. The first-order valence-corrected chi connectivity index (χ1v) is 5.44. The van der Waals surface area contributed by atoms with E-state index in [9.17, 15) is 0 Å². The predicted molar refractivity (Wildman–Crippen MR) is 62.7 cm³/mol. The largest absolute Gasteiger partial charge is 0.382 e. The Hall–Kier alpha value is -1.36. The molecule has 0 aliphatic heterocycles. The van der Waals surface area contributed by atoms with E-state index in [-0.39, 0.29) is 0 Å². The molecule has 2 rings (SSSR count). The molecule has 4 nitrogen and oxygen atoms in total. The number of rotatable bonds is 4. The second-order valence-corrected chi connectivity index (χ2v) is 4.03. The van der Waals surface area contributed by atoms with E-state index in [1.165, 1.54) is 0 Å². The topological polar surface area (TPSA) is 42.7 Å². The predicted octanol–water partition coefficient (Wildman–Crippen LogP) is 2.15. The van der Waals surface area contributed by atoms with Gasteiger partial charge >= 0.3 is 0 Å². The van der Waals surface area contributed by atoms with Crippen LogP contribution < -0.4 is 5.32 Å². The fourth-order valence-corrected chi connectivity index (χ4v) is 1.62. The maximum absolute atomic E-state index is 4.07. The summed E-state index contributed by atoms with van der Waals surface area (Å²) in [5.41, 5.74) is 1.02. The fraction of sp³-hybridized carbons (Fsp3) is 0.200. The van der Waals surface area contributed by atoms with Crippen LogP contribution in [0.25, 0.3) is 0 Å². The zero-order chi connectivity index (χ0) is 10.5. The molecule has 0 aliphatic rings. The number of nitrogens with zero attached hydrogens (tertiary/aromatic N) is 3. The average molecular weight is 267 g/mol. The van der Waals surface area contributed by atoms with Crippen molar-refractivity contribution in [2.75, 3.05) is 11.9 Å². The molecule has 0 fully saturated rings. The highest BCUT2D eigenvalue weighted by molar-refractivity contribution is 9.10. The average Bonchev–Trinajstić information content (AvgIpc) is 2.71. The highest BCUT2D eigenvalue weighted by atomic mass is 79.9. The maximum Gasteiger partial charge on any atom is 0.0946 e. The van der Waals surface area contributed by atoms with E-state index in [0.717, 1.165) is 23.2 Å². The lowest BCUT2D eigenvalue weighted by molar-refractivity contribution is 0.726. The van der Waals surface area contributed by atoms with Crippen molar-refractivity contribution in [3.63, 3.8) is 0 Å². The quantitative estimate of drug-likeness (QED) is 0.923. The van der Waals surface area contributed by atoms with E-state index in [1.807, 2.05) is 16.8 Å². The highest BCUT2D eigenvalue weighted by Crippen LogP contribution is 2.13. The van der Waals surface area contributed by atoms with Crippen LogP contribution in [0.3, 0.4) is 0 Å². The zero-order valence-electron chi connectivity index (χ0n) is 8.10. The Labute approximate surface area is 96.5 Å². The Morgan fingerprint density at radius 3 is 3.00 bits per heavy atom. The van der Waals surface area contributed by atoms with Crippen LogP contribution in [0.15, 0.2) is 41.7 Å². The third kappa shape index (κ3) is 3.06. The number of hydrogen-bond donors (Lipinski definition) is 1. The molecule has 0 aliphatic carbocycles. The summed E-state index contributed by atoms with van der Waals surface area (Å²) in [4.78, 5) is 8.05. The third-order valence-electron chi connectivity index (χ3n) is 1.96. The number of nitrogens with one attached hydrogen (secondary N) is 1. The summed E-state index contributed by atoms with van der Waals surface area (Å²) in [5, 5.41) is 3.28. The van der Waals surface area contributed by atoms with E-state index >= 15 is 0 Å². The lowest BCUT2D eigenvalue weighted by atomic mass is 10.4. The minimum absolute atomic E-state index is 0.856. The summed E-state index contributed by atoms with van der Waals surface area (Å²) in [6.45, 7) is 1.75. The maximum atomic E-state index is 4.07. The zero-order valence-corrected chi connectivity index (χ0v) is 9.68. The summed E-state index contributed by atoms with van der Waals surface area (Å²) >= 11 is 3.38. The summed E-state index contributed by atoms with van der Waals surface area (Å²) in [6.07, 6.45) is 9.10. The van der Waals surface area contributed by atoms with Gasteiger partial charge in [0.25, 0.3) is 0 Å². The van der Waals surface area contributed by atoms with Crippen LogP contribution in [0.1, 0.15) is 0 Å². The van der Waals surface area contributed by atoms with Crippen molar-refractivity contribution in [3.8, 4) is 0 Å². The van der Waals surface area contributed by atoms with Crippen molar-refractivity contribution in [2.45, 2.75) is 6.54 Å². The summed E-state index contributed by atoms with van der Waals surface area (Å²) in [7, 11) is 0. The van der Waals surface area contributed by atoms with Crippen molar-refractivity contribution >= 4 is 21.6 Å². The molecular weight excluding hydrogens is 256 g/mol. The Bertz CT molecular complexity index is 413. The first-order chi connectivity index (χ1) is 7.34. The molecule has 0 aromatic carbocycles. The van der Waals surface area contributed by atoms with Crippen LogP contribution in [0, 0.1) is 0 Å². The van der Waals surface area contributed by atoms with Crippen LogP contribution in [0.2, 0.25) is 0 Å². The molecule has 0 amide bonds.